The Labute approximate surface area is 168 Å². The summed E-state index contributed by atoms with van der Waals surface area (Å²) in [4.78, 5) is 0. The van der Waals surface area contributed by atoms with E-state index in [9.17, 15) is 0 Å². The lowest BCUT2D eigenvalue weighted by molar-refractivity contribution is 0.311. The Balaban J connectivity index is 1.38. The summed E-state index contributed by atoms with van der Waals surface area (Å²) in [6.45, 7) is 6.25. The van der Waals surface area contributed by atoms with Gasteiger partial charge in [0.15, 0.2) is 0 Å². The molecule has 0 bridgehead atoms. The average Bonchev–Trinajstić information content (AvgIpc) is 2.69. The zero-order chi connectivity index (χ0) is 19.6. The molecule has 3 rings (SSSR count). The molecular weight excluding hydrogens is 346 g/mol. The Kier molecular flexibility index (Phi) is 7.36. The molecule has 28 heavy (non-hydrogen) atoms. The van der Waals surface area contributed by atoms with Crippen molar-refractivity contribution in [2.24, 2.45) is 0 Å². The fraction of sp³-hybridized carbons (Fsp3) is 0.280. The molecule has 0 aliphatic rings. The first kappa shape index (κ1) is 19.8. The van der Waals surface area contributed by atoms with E-state index in [-0.39, 0.29) is 0 Å². The Morgan fingerprint density at radius 2 is 1.46 bits per heavy atom. The van der Waals surface area contributed by atoms with E-state index in [2.05, 4.69) is 61.6 Å². The molecule has 0 heterocycles. The second-order valence-corrected chi connectivity index (χ2v) is 7.06. The van der Waals surface area contributed by atoms with Crippen molar-refractivity contribution >= 4 is 5.69 Å². The van der Waals surface area contributed by atoms with Crippen LogP contribution in [0.1, 0.15) is 23.1 Å². The van der Waals surface area contributed by atoms with Crippen molar-refractivity contribution in [1.82, 2.24) is 0 Å². The number of ether oxygens (including phenoxy) is 2. The number of nitrogens with one attached hydrogen (secondary N) is 1. The van der Waals surface area contributed by atoms with Crippen LogP contribution in [0, 0.1) is 13.8 Å². The van der Waals surface area contributed by atoms with Crippen LogP contribution in [0.5, 0.6) is 11.5 Å². The van der Waals surface area contributed by atoms with E-state index >= 15 is 0 Å². The smallest absolute Gasteiger partial charge is 0.121 e. The van der Waals surface area contributed by atoms with Crippen molar-refractivity contribution < 1.29 is 9.47 Å². The number of rotatable bonds is 10. The summed E-state index contributed by atoms with van der Waals surface area (Å²) in [6, 6.07) is 24.9. The third-order valence-corrected chi connectivity index (χ3v) is 4.45. The lowest BCUT2D eigenvalue weighted by Crippen LogP contribution is -2.11. The molecule has 0 aliphatic heterocycles. The highest BCUT2D eigenvalue weighted by Gasteiger charge is 2.00. The van der Waals surface area contributed by atoms with E-state index in [4.69, 9.17) is 9.47 Å². The van der Waals surface area contributed by atoms with Gasteiger partial charge in [-0.2, -0.15) is 0 Å². The topological polar surface area (TPSA) is 30.5 Å². The Morgan fingerprint density at radius 3 is 2.25 bits per heavy atom. The quantitative estimate of drug-likeness (QED) is 0.454. The molecule has 0 saturated heterocycles. The normalized spacial score (nSPS) is 10.5. The van der Waals surface area contributed by atoms with Crippen LogP contribution >= 0.6 is 0 Å². The van der Waals surface area contributed by atoms with Gasteiger partial charge in [0.05, 0.1) is 6.61 Å². The number of hydrogen-bond acceptors (Lipinski definition) is 3. The molecular formula is C25H29NO2. The minimum absolute atomic E-state index is 0.616. The zero-order valence-electron chi connectivity index (χ0n) is 16.8. The number of aryl methyl sites for hydroxylation is 3. The molecule has 0 spiro atoms. The first-order valence-electron chi connectivity index (χ1n) is 9.91. The van der Waals surface area contributed by atoms with Crippen LogP contribution in [0.3, 0.4) is 0 Å². The second kappa shape index (κ2) is 10.4. The van der Waals surface area contributed by atoms with Crippen LogP contribution in [0.2, 0.25) is 0 Å². The maximum atomic E-state index is 5.90. The minimum Gasteiger partial charge on any atom is -0.494 e. The fourth-order valence-corrected chi connectivity index (χ4v) is 3.19. The summed E-state index contributed by atoms with van der Waals surface area (Å²) in [5.41, 5.74) is 4.84. The lowest BCUT2D eigenvalue weighted by Gasteiger charge is -2.11. The van der Waals surface area contributed by atoms with Gasteiger partial charge in [0.25, 0.3) is 0 Å². The van der Waals surface area contributed by atoms with Crippen molar-refractivity contribution in [2.75, 3.05) is 25.1 Å². The van der Waals surface area contributed by atoms with Crippen LogP contribution in [0.15, 0.2) is 72.8 Å². The highest BCUT2D eigenvalue weighted by Crippen LogP contribution is 2.18. The van der Waals surface area contributed by atoms with Gasteiger partial charge >= 0.3 is 0 Å². The third-order valence-electron chi connectivity index (χ3n) is 4.45. The molecule has 0 amide bonds. The van der Waals surface area contributed by atoms with Gasteiger partial charge < -0.3 is 14.8 Å². The SMILES string of the molecule is Cc1cc(C)cc(OCCNc2cccc(OCCCc3ccccc3)c2)c1. The molecule has 0 fully saturated rings. The van der Waals surface area contributed by atoms with Gasteiger partial charge in [0, 0.05) is 18.3 Å². The molecule has 0 radical (unpaired) electrons. The van der Waals surface area contributed by atoms with Gasteiger partial charge in [-0.05, 0) is 67.6 Å². The van der Waals surface area contributed by atoms with E-state index in [0.717, 1.165) is 36.6 Å². The summed E-state index contributed by atoms with van der Waals surface area (Å²) in [7, 11) is 0. The molecule has 0 aromatic heterocycles. The van der Waals surface area contributed by atoms with Gasteiger partial charge in [-0.25, -0.2) is 0 Å². The molecule has 0 unspecified atom stereocenters. The maximum Gasteiger partial charge on any atom is 0.121 e. The molecule has 3 nitrogen and oxygen atoms in total. The summed E-state index contributed by atoms with van der Waals surface area (Å²) >= 11 is 0. The highest BCUT2D eigenvalue weighted by atomic mass is 16.5. The zero-order valence-corrected chi connectivity index (χ0v) is 16.8. The van der Waals surface area contributed by atoms with Gasteiger partial charge in [-0.15, -0.1) is 0 Å². The maximum absolute atomic E-state index is 5.90. The van der Waals surface area contributed by atoms with Gasteiger partial charge in [0.2, 0.25) is 0 Å². The highest BCUT2D eigenvalue weighted by molar-refractivity contribution is 5.48. The molecule has 3 aromatic rings. The van der Waals surface area contributed by atoms with Crippen molar-refractivity contribution in [3.8, 4) is 11.5 Å². The van der Waals surface area contributed by atoms with Crippen LogP contribution in [-0.4, -0.2) is 19.8 Å². The van der Waals surface area contributed by atoms with E-state index in [0.29, 0.717) is 13.2 Å². The van der Waals surface area contributed by atoms with Gasteiger partial charge in [0.1, 0.15) is 18.1 Å². The standard InChI is InChI=1S/C25H29NO2/c1-20-16-21(2)18-25(17-20)28-15-13-26-23-11-6-12-24(19-23)27-14-7-10-22-8-4-3-5-9-22/h3-6,8-9,11-12,16-19,26H,7,10,13-15H2,1-2H3. The monoisotopic (exact) mass is 375 g/mol. The van der Waals surface area contributed by atoms with Crippen LogP contribution in [0.4, 0.5) is 5.69 Å². The number of hydrogen-bond donors (Lipinski definition) is 1. The third kappa shape index (κ3) is 6.66. The average molecular weight is 376 g/mol. The van der Waals surface area contributed by atoms with Crippen LogP contribution in [-0.2, 0) is 6.42 Å². The summed E-state index contributed by atoms with van der Waals surface area (Å²) in [5, 5.41) is 3.40. The molecule has 3 aromatic carbocycles. The Morgan fingerprint density at radius 1 is 0.714 bits per heavy atom. The van der Waals surface area contributed by atoms with Crippen LogP contribution in [0.25, 0.3) is 0 Å². The van der Waals surface area contributed by atoms with E-state index in [1.807, 2.05) is 30.3 Å². The van der Waals surface area contributed by atoms with Crippen molar-refractivity contribution in [3.63, 3.8) is 0 Å². The number of benzene rings is 3. The van der Waals surface area contributed by atoms with Crippen molar-refractivity contribution in [3.05, 3.63) is 89.5 Å². The van der Waals surface area contributed by atoms with E-state index in [1.165, 1.54) is 16.7 Å². The molecule has 146 valence electrons. The number of anilines is 1. The van der Waals surface area contributed by atoms with Crippen LogP contribution < -0.4 is 14.8 Å². The molecule has 0 aliphatic carbocycles. The molecule has 0 saturated carbocycles. The van der Waals surface area contributed by atoms with Gasteiger partial charge in [-0.1, -0.05) is 42.5 Å². The Hall–Kier alpha value is -2.94. The lowest BCUT2D eigenvalue weighted by atomic mass is 10.1. The minimum atomic E-state index is 0.616. The fourth-order valence-electron chi connectivity index (χ4n) is 3.19. The summed E-state index contributed by atoms with van der Waals surface area (Å²) in [5.74, 6) is 1.82. The largest absolute Gasteiger partial charge is 0.494 e. The summed E-state index contributed by atoms with van der Waals surface area (Å²) in [6.07, 6.45) is 2.04. The first-order valence-corrected chi connectivity index (χ1v) is 9.91. The summed E-state index contributed by atoms with van der Waals surface area (Å²) < 4.78 is 11.7. The molecule has 0 atom stereocenters. The predicted octanol–water partition coefficient (Wildman–Crippen LogP) is 5.81. The first-order chi connectivity index (χ1) is 13.7. The molecule has 1 N–H and O–H groups in total. The van der Waals surface area contributed by atoms with E-state index in [1.54, 1.807) is 0 Å². The second-order valence-electron chi connectivity index (χ2n) is 7.06. The Bertz CT molecular complexity index is 841. The molecule has 3 heteroatoms. The van der Waals surface area contributed by atoms with Gasteiger partial charge in [-0.3, -0.25) is 0 Å². The van der Waals surface area contributed by atoms with E-state index < -0.39 is 0 Å². The van der Waals surface area contributed by atoms with Crippen molar-refractivity contribution in [1.29, 1.82) is 0 Å². The predicted molar refractivity (Wildman–Crippen MR) is 117 cm³/mol. The van der Waals surface area contributed by atoms with Crippen molar-refractivity contribution in [2.45, 2.75) is 26.7 Å².